The van der Waals surface area contributed by atoms with Gasteiger partial charge in [-0.05, 0) is 102 Å². The highest BCUT2D eigenvalue weighted by Crippen LogP contribution is 2.58. The summed E-state index contributed by atoms with van der Waals surface area (Å²) in [4.78, 5) is 33.1. The molecule has 16 aliphatic heterocycles. The second-order valence-electron chi connectivity index (χ2n) is 24.0. The van der Waals surface area contributed by atoms with Crippen molar-refractivity contribution in [3.8, 4) is 0 Å². The van der Waals surface area contributed by atoms with E-state index in [2.05, 4.69) is 8.91 Å². The molecule has 0 aromatic rings. The average Bonchev–Trinajstić information content (AvgIpc) is 1.60. The third-order valence-corrected chi connectivity index (χ3v) is 30.8. The Labute approximate surface area is 677 Å². The summed E-state index contributed by atoms with van der Waals surface area (Å²) in [6, 6.07) is 0. The maximum Gasteiger partial charge on any atom is 0.312 e. The highest BCUT2D eigenvalue weighted by atomic mass is 32.2. The summed E-state index contributed by atoms with van der Waals surface area (Å²) >= 11 is 3.78. The van der Waals surface area contributed by atoms with Crippen LogP contribution in [0.25, 0.3) is 0 Å². The number of fused-ring (bicyclic) bond motifs is 6. The van der Waals surface area contributed by atoms with Crippen molar-refractivity contribution in [1.82, 2.24) is 4.72 Å². The highest BCUT2D eigenvalue weighted by molar-refractivity contribution is 8.03. The number of ether oxygens (including phenoxy) is 5. The van der Waals surface area contributed by atoms with E-state index in [0.717, 1.165) is 94.6 Å². The molecule has 0 radical (unpaired) electrons. The number of thioether (sulfide) groups is 2. The number of carbonyl (C=O) groups is 3. The van der Waals surface area contributed by atoms with E-state index in [4.69, 9.17) is 36.2 Å². The molecule has 24 atom stereocenters. The van der Waals surface area contributed by atoms with Crippen LogP contribution in [0, 0.1) is 41.4 Å². The minimum atomic E-state index is -3.26. The molecule has 1 N–H and O–H groups in total. The number of hydrogen-bond donors (Lipinski definition) is 1. The van der Waals surface area contributed by atoms with Gasteiger partial charge in [-0.3, -0.25) is 31.1 Å². The smallest absolute Gasteiger partial charge is 0.312 e. The van der Waals surface area contributed by atoms with E-state index in [-0.39, 0.29) is 99.2 Å². The van der Waals surface area contributed by atoms with Gasteiger partial charge in [0.1, 0.15) is 47.1 Å². The predicted molar refractivity (Wildman–Crippen MR) is 451 cm³/mol. The summed E-state index contributed by atoms with van der Waals surface area (Å²) in [6.07, 6.45) is 16.2. The zero-order chi connectivity index (χ0) is 85.7. The van der Waals surface area contributed by atoms with Crippen molar-refractivity contribution in [2.24, 2.45) is 41.4 Å². The van der Waals surface area contributed by atoms with E-state index >= 15 is 0 Å². The van der Waals surface area contributed by atoms with Gasteiger partial charge in [0.2, 0.25) is 10.0 Å². The summed E-state index contributed by atoms with van der Waals surface area (Å²) in [6.45, 7) is 65.0. The van der Waals surface area contributed by atoms with Crippen LogP contribution in [0.15, 0.2) is 0 Å². The molecule has 4 aliphatic carbocycles. The Morgan fingerprint density at radius 3 is 1.11 bits per heavy atom. The SMILES string of the molecule is CC.CC.CC.CC.CC.CC.CC.CC.CC.CC.CC.CC.CC.CC.CC.CC.O=C1OC2CC3CC1C2C3.O=C1OC2CC3CC1C2O3.O=C1OC2CC3CC1C2S3.O=S1(=O)CCCN1.O=S1(=O)CCCO1.O=S1(=O)OC2CC3CC1C2O3.O=S1(=O)OC2CC3CC1C2S3.O=S1(=O)OC2CC3CC2C1C3. The molecule has 20 fully saturated rings. The largest absolute Gasteiger partial charge is 0.462 e. The molecule has 20 rings (SSSR count). The molecule has 0 amide bonds. The van der Waals surface area contributed by atoms with Crippen molar-refractivity contribution in [3.05, 3.63) is 0 Å². The van der Waals surface area contributed by atoms with Gasteiger partial charge in [-0.2, -0.15) is 57.2 Å². The first-order valence-corrected chi connectivity index (χ1v) is 52.8. The van der Waals surface area contributed by atoms with Crippen molar-refractivity contribution in [2.45, 2.75) is 422 Å². The lowest BCUT2D eigenvalue weighted by atomic mass is 9.90. The van der Waals surface area contributed by atoms with Gasteiger partial charge in [0, 0.05) is 41.7 Å². The van der Waals surface area contributed by atoms with Crippen LogP contribution in [0.5, 0.6) is 0 Å². The van der Waals surface area contributed by atoms with E-state index in [0.29, 0.717) is 84.2 Å². The molecule has 656 valence electrons. The molecule has 30 heteroatoms. The Bertz CT molecular complexity index is 2660. The second kappa shape index (κ2) is 59.3. The van der Waals surface area contributed by atoms with Gasteiger partial charge in [-0.25, -0.2) is 13.1 Å². The molecular formula is C79H161NO22S7. The molecular weight excluding hydrogens is 1540 g/mol. The van der Waals surface area contributed by atoms with Crippen LogP contribution in [0.1, 0.15) is 324 Å². The number of sulfonamides is 1. The Morgan fingerprint density at radius 1 is 0.330 bits per heavy atom. The third-order valence-electron chi connectivity index (χ3n) is 19.1. The van der Waals surface area contributed by atoms with Gasteiger partial charge in [0.25, 0.3) is 40.5 Å². The Balaban J connectivity index is -0.000000550. The number of rotatable bonds is 0. The van der Waals surface area contributed by atoms with Gasteiger partial charge in [0.05, 0.1) is 76.0 Å². The summed E-state index contributed by atoms with van der Waals surface area (Å²) in [5.41, 5.74) is 0. The van der Waals surface area contributed by atoms with Crippen LogP contribution in [-0.4, -0.2) is 182 Å². The fourth-order valence-electron chi connectivity index (χ4n) is 15.9. The maximum atomic E-state index is 11.3. The van der Waals surface area contributed by atoms with Crippen LogP contribution in [0.4, 0.5) is 0 Å². The summed E-state index contributed by atoms with van der Waals surface area (Å²) in [5, 5.41) is 1.45. The van der Waals surface area contributed by atoms with Gasteiger partial charge in [-0.1, -0.05) is 222 Å². The van der Waals surface area contributed by atoms with Crippen LogP contribution >= 0.6 is 23.5 Å². The number of nitrogens with one attached hydrogen (secondary N) is 1. The van der Waals surface area contributed by atoms with E-state index in [1.165, 1.54) is 6.42 Å². The van der Waals surface area contributed by atoms with Crippen LogP contribution in [-0.2, 0) is 105 Å². The Hall–Kier alpha value is -1.42. The quantitative estimate of drug-likeness (QED) is 0.134. The second-order valence-corrected chi connectivity index (χ2v) is 36.0. The molecule has 16 saturated heterocycles. The normalized spacial score (nSPS) is 37.1. The van der Waals surface area contributed by atoms with Crippen molar-refractivity contribution >= 4 is 91.9 Å². The highest BCUT2D eigenvalue weighted by Gasteiger charge is 2.63. The van der Waals surface area contributed by atoms with Gasteiger partial charge in [0.15, 0.2) is 0 Å². The standard InChI is InChI=1S/C8H10O2.C7H10O3S.C7H8O3.C7H8O2S.C6H8O4S.C6H8O3S2.C3H7NO2S.C3H6O3S.16C2H6/c9-8-6-2-4-1-5(6)7(3-4)10-8;8-11(9)7-3-4-1-5(7)6(2-4)10-11;8-7-4-1-3-2-5(10-7)6(4)9-3;8-7-4-1-3-2-5(9-7)6(4)10-3;7-11(8)5-2-3-1-4(10-11)6(5)9-3;7-11(8)5-2-3-1-4(9-11)6(5)10-3;5-7(6)3-1-2-4-7;4-7(5)3-1-2-6-7;16*1-2/h4-7H,1-3H2;4-7H,1-3H2;2*3-6H,1-2H2;2*3-6H,1-2H2;4H,1-3H2;1-3H2;16*1-2H3. The lowest BCUT2D eigenvalue weighted by Gasteiger charge is -2.11. The van der Waals surface area contributed by atoms with E-state index < -0.39 is 50.5 Å². The number of hydrogen-bond acceptors (Lipinski definition) is 24. The lowest BCUT2D eigenvalue weighted by molar-refractivity contribution is -0.144. The summed E-state index contributed by atoms with van der Waals surface area (Å²) in [7, 11) is -15.4. The minimum Gasteiger partial charge on any atom is -0.462 e. The predicted octanol–water partition coefficient (Wildman–Crippen LogP) is 17.8. The van der Waals surface area contributed by atoms with E-state index in [1.807, 2.05) is 245 Å². The maximum absolute atomic E-state index is 11.3. The molecule has 109 heavy (non-hydrogen) atoms. The van der Waals surface area contributed by atoms with Gasteiger partial charge >= 0.3 is 17.9 Å². The van der Waals surface area contributed by atoms with Crippen molar-refractivity contribution < 1.29 is 96.9 Å². The summed E-state index contributed by atoms with van der Waals surface area (Å²) < 4.78 is 156. The Morgan fingerprint density at radius 2 is 0.761 bits per heavy atom. The molecule has 0 aromatic heterocycles. The molecule has 0 spiro atoms. The first-order chi connectivity index (χ1) is 52.4. The van der Waals surface area contributed by atoms with Crippen molar-refractivity contribution in [1.29, 1.82) is 0 Å². The van der Waals surface area contributed by atoms with Crippen molar-refractivity contribution in [3.63, 3.8) is 0 Å². The fourth-order valence-corrected chi connectivity index (χ4v) is 27.6. The monoisotopic (exact) mass is 1700 g/mol. The zero-order valence-corrected chi connectivity index (χ0v) is 79.6. The molecule has 4 saturated carbocycles. The number of esters is 3. The van der Waals surface area contributed by atoms with Gasteiger partial charge < -0.3 is 23.7 Å². The van der Waals surface area contributed by atoms with Crippen LogP contribution in [0.3, 0.4) is 0 Å². The lowest BCUT2D eigenvalue weighted by Crippen LogP contribution is -2.27. The molecule has 24 unspecified atom stereocenters. The van der Waals surface area contributed by atoms with E-state index in [9.17, 15) is 56.5 Å². The molecule has 20 aliphatic rings. The third kappa shape index (κ3) is 31.1. The summed E-state index contributed by atoms with van der Waals surface area (Å²) in [5.74, 6) is 3.76. The van der Waals surface area contributed by atoms with Crippen LogP contribution in [0.2, 0.25) is 0 Å². The zero-order valence-electron chi connectivity index (χ0n) is 73.8. The van der Waals surface area contributed by atoms with E-state index in [1.54, 1.807) is 0 Å². The van der Waals surface area contributed by atoms with Crippen LogP contribution < -0.4 is 4.72 Å². The molecule has 23 nitrogen and oxygen atoms in total. The minimum absolute atomic E-state index is 0.0220. The molecule has 12 bridgehead atoms. The van der Waals surface area contributed by atoms with Crippen molar-refractivity contribution in [2.75, 3.05) is 24.7 Å². The van der Waals surface area contributed by atoms with Gasteiger partial charge in [-0.15, -0.1) is 0 Å². The number of carbonyl (C=O) groups excluding carboxylic acids is 3. The first-order valence-electron chi connectivity index (χ1n) is 43.3. The molecule has 0 aromatic carbocycles. The molecule has 16 heterocycles. The Kier molecular flexibility index (Phi) is 61.9. The fraction of sp³-hybridized carbons (Fsp3) is 0.962. The average molecular weight is 1700 g/mol. The first kappa shape index (κ1) is 114. The topological polar surface area (TPSA) is 317 Å².